The lowest BCUT2D eigenvalue weighted by atomic mass is 9.74. The van der Waals surface area contributed by atoms with Crippen LogP contribution >= 0.6 is 0 Å². The fraction of sp³-hybridized carbons (Fsp3) is 0.750. The topological polar surface area (TPSA) is 72.8 Å². The van der Waals surface area contributed by atoms with Crippen molar-refractivity contribution in [2.24, 2.45) is 5.41 Å². The maximum Gasteiger partial charge on any atom is 0.387 e. The summed E-state index contributed by atoms with van der Waals surface area (Å²) in [6.45, 7) is 4.94. The van der Waals surface area contributed by atoms with Crippen LogP contribution in [0.2, 0.25) is 0 Å². The SMILES string of the molecule is CC(C)(C)C1(O)CC(=O)OOC1=O. The summed E-state index contributed by atoms with van der Waals surface area (Å²) in [6.07, 6.45) is -0.366. The predicted molar refractivity (Wildman–Crippen MR) is 41.2 cm³/mol. The molecule has 13 heavy (non-hydrogen) atoms. The van der Waals surface area contributed by atoms with Gasteiger partial charge in [-0.2, -0.15) is 0 Å². The number of aliphatic hydroxyl groups is 1. The van der Waals surface area contributed by atoms with Crippen molar-refractivity contribution in [1.29, 1.82) is 0 Å². The van der Waals surface area contributed by atoms with Crippen LogP contribution in [0, 0.1) is 5.41 Å². The quantitative estimate of drug-likeness (QED) is 0.548. The molecule has 0 aromatic carbocycles. The highest BCUT2D eigenvalue weighted by Crippen LogP contribution is 2.36. The molecule has 1 unspecified atom stereocenters. The van der Waals surface area contributed by atoms with Crippen molar-refractivity contribution >= 4 is 11.9 Å². The van der Waals surface area contributed by atoms with Crippen molar-refractivity contribution in [3.05, 3.63) is 0 Å². The van der Waals surface area contributed by atoms with E-state index >= 15 is 0 Å². The van der Waals surface area contributed by atoms with E-state index in [4.69, 9.17) is 0 Å². The first-order valence-electron chi connectivity index (χ1n) is 3.91. The van der Waals surface area contributed by atoms with Gasteiger partial charge in [-0.05, 0) is 0 Å². The van der Waals surface area contributed by atoms with Gasteiger partial charge in [-0.3, -0.25) is 0 Å². The second kappa shape index (κ2) is 2.70. The summed E-state index contributed by atoms with van der Waals surface area (Å²) in [6, 6.07) is 0. The molecule has 0 amide bonds. The minimum Gasteiger partial charge on any atom is -0.377 e. The van der Waals surface area contributed by atoms with E-state index in [1.54, 1.807) is 20.8 Å². The van der Waals surface area contributed by atoms with E-state index in [1.165, 1.54) is 0 Å². The molecule has 1 aliphatic rings. The summed E-state index contributed by atoms with van der Waals surface area (Å²) in [5.74, 6) is -1.66. The third-order valence-corrected chi connectivity index (χ3v) is 2.19. The molecule has 5 nitrogen and oxygen atoms in total. The predicted octanol–water partition coefficient (Wildman–Crippen LogP) is 0.169. The van der Waals surface area contributed by atoms with E-state index in [0.29, 0.717) is 0 Å². The molecule has 1 rings (SSSR count). The Kier molecular flexibility index (Phi) is 2.07. The second-order valence-corrected chi connectivity index (χ2v) is 4.11. The summed E-state index contributed by atoms with van der Waals surface area (Å²) >= 11 is 0. The van der Waals surface area contributed by atoms with Crippen molar-refractivity contribution in [1.82, 2.24) is 0 Å². The zero-order valence-corrected chi connectivity index (χ0v) is 7.79. The van der Waals surface area contributed by atoms with Gasteiger partial charge in [0.15, 0.2) is 5.60 Å². The van der Waals surface area contributed by atoms with Gasteiger partial charge in [-0.15, -0.1) is 0 Å². The Balaban J connectivity index is 2.98. The first kappa shape index (κ1) is 9.98. The lowest BCUT2D eigenvalue weighted by molar-refractivity contribution is -0.295. The molecule has 1 fully saturated rings. The Bertz CT molecular complexity index is 252. The summed E-state index contributed by atoms with van der Waals surface area (Å²) in [7, 11) is 0. The van der Waals surface area contributed by atoms with Gasteiger partial charge in [-0.25, -0.2) is 19.4 Å². The molecule has 0 spiro atoms. The molecular weight excluding hydrogens is 176 g/mol. The fourth-order valence-electron chi connectivity index (χ4n) is 1.04. The highest BCUT2D eigenvalue weighted by molar-refractivity contribution is 5.89. The normalized spacial score (nSPS) is 29.5. The Hall–Kier alpha value is -1.10. The molecule has 0 aliphatic carbocycles. The van der Waals surface area contributed by atoms with Gasteiger partial charge in [0.2, 0.25) is 0 Å². The van der Waals surface area contributed by atoms with Crippen molar-refractivity contribution in [3.8, 4) is 0 Å². The monoisotopic (exact) mass is 188 g/mol. The first-order chi connectivity index (χ1) is 5.77. The summed E-state index contributed by atoms with van der Waals surface area (Å²) in [5.41, 5.74) is -2.55. The van der Waals surface area contributed by atoms with Crippen LogP contribution in [0.15, 0.2) is 0 Å². The van der Waals surface area contributed by atoms with Crippen LogP contribution in [0.3, 0.4) is 0 Å². The molecule has 1 atom stereocenters. The summed E-state index contributed by atoms with van der Waals surface area (Å²) in [5, 5.41) is 9.87. The lowest BCUT2D eigenvalue weighted by Crippen LogP contribution is -2.55. The first-order valence-corrected chi connectivity index (χ1v) is 3.91. The molecular formula is C8H12O5. The Morgan fingerprint density at radius 3 is 2.23 bits per heavy atom. The molecule has 0 bridgehead atoms. The van der Waals surface area contributed by atoms with Gasteiger partial charge < -0.3 is 5.11 Å². The molecule has 0 saturated carbocycles. The third-order valence-electron chi connectivity index (χ3n) is 2.19. The average Bonchev–Trinajstić information content (AvgIpc) is 1.95. The molecule has 1 aliphatic heterocycles. The zero-order valence-electron chi connectivity index (χ0n) is 7.79. The number of hydrogen-bond acceptors (Lipinski definition) is 5. The molecule has 5 heteroatoms. The molecule has 0 aromatic heterocycles. The van der Waals surface area contributed by atoms with Gasteiger partial charge >= 0.3 is 11.9 Å². The molecule has 1 N–H and O–H groups in total. The van der Waals surface area contributed by atoms with Gasteiger partial charge in [0.05, 0.1) is 6.42 Å². The maximum atomic E-state index is 11.2. The maximum absolute atomic E-state index is 11.2. The van der Waals surface area contributed by atoms with Crippen LogP contribution in [0.5, 0.6) is 0 Å². The van der Waals surface area contributed by atoms with Crippen LogP contribution in [-0.4, -0.2) is 22.6 Å². The lowest BCUT2D eigenvalue weighted by Gasteiger charge is -2.37. The summed E-state index contributed by atoms with van der Waals surface area (Å²) < 4.78 is 0. The van der Waals surface area contributed by atoms with E-state index in [2.05, 4.69) is 9.78 Å². The largest absolute Gasteiger partial charge is 0.387 e. The van der Waals surface area contributed by atoms with E-state index in [1.807, 2.05) is 0 Å². The molecule has 1 heterocycles. The second-order valence-electron chi connectivity index (χ2n) is 4.11. The number of carbonyl (C=O) groups excluding carboxylic acids is 2. The number of rotatable bonds is 0. The van der Waals surface area contributed by atoms with Crippen LogP contribution in [0.1, 0.15) is 27.2 Å². The molecule has 74 valence electrons. The minimum absolute atomic E-state index is 0.366. The Morgan fingerprint density at radius 1 is 1.31 bits per heavy atom. The average molecular weight is 188 g/mol. The fourth-order valence-corrected chi connectivity index (χ4v) is 1.04. The third kappa shape index (κ3) is 1.51. The van der Waals surface area contributed by atoms with Crippen molar-refractivity contribution < 1.29 is 24.5 Å². The Morgan fingerprint density at radius 2 is 1.85 bits per heavy atom. The van der Waals surface area contributed by atoms with Crippen LogP contribution < -0.4 is 0 Å². The molecule has 0 radical (unpaired) electrons. The standard InChI is InChI=1S/C8H12O5/c1-7(2,3)8(11)4-5(9)12-13-6(8)10/h11H,4H2,1-3H3. The highest BCUT2D eigenvalue weighted by atomic mass is 17.2. The van der Waals surface area contributed by atoms with Gasteiger partial charge in [0.1, 0.15) is 0 Å². The smallest absolute Gasteiger partial charge is 0.377 e. The van der Waals surface area contributed by atoms with Crippen LogP contribution in [0.25, 0.3) is 0 Å². The van der Waals surface area contributed by atoms with Crippen LogP contribution in [-0.2, 0) is 19.4 Å². The Labute approximate surface area is 75.6 Å². The van der Waals surface area contributed by atoms with Gasteiger partial charge in [0, 0.05) is 5.41 Å². The van der Waals surface area contributed by atoms with Gasteiger partial charge in [-0.1, -0.05) is 20.8 Å². The van der Waals surface area contributed by atoms with E-state index in [9.17, 15) is 14.7 Å². The zero-order chi connectivity index (χ0) is 10.3. The van der Waals surface area contributed by atoms with Gasteiger partial charge in [0.25, 0.3) is 0 Å². The van der Waals surface area contributed by atoms with E-state index in [-0.39, 0.29) is 6.42 Å². The van der Waals surface area contributed by atoms with Crippen molar-refractivity contribution in [2.75, 3.05) is 0 Å². The van der Waals surface area contributed by atoms with E-state index in [0.717, 1.165) is 0 Å². The number of carbonyl (C=O) groups is 2. The van der Waals surface area contributed by atoms with Crippen molar-refractivity contribution in [3.63, 3.8) is 0 Å². The number of hydrogen-bond donors (Lipinski definition) is 1. The van der Waals surface area contributed by atoms with Crippen molar-refractivity contribution in [2.45, 2.75) is 32.8 Å². The summed E-state index contributed by atoms with van der Waals surface area (Å²) in [4.78, 5) is 30.1. The molecule has 1 saturated heterocycles. The molecule has 0 aromatic rings. The van der Waals surface area contributed by atoms with Crippen LogP contribution in [0.4, 0.5) is 0 Å². The highest BCUT2D eigenvalue weighted by Gasteiger charge is 2.54. The van der Waals surface area contributed by atoms with E-state index < -0.39 is 23.0 Å². The minimum atomic E-state index is -1.79.